The Balaban J connectivity index is 1.69. The molecule has 0 aliphatic heterocycles. The highest BCUT2D eigenvalue weighted by Crippen LogP contribution is 2.27. The molecule has 1 aromatic heterocycles. The van der Waals surface area contributed by atoms with Crippen LogP contribution in [0.4, 0.5) is 4.79 Å². The number of para-hydroxylation sites is 1. The molecule has 0 aliphatic rings. The van der Waals surface area contributed by atoms with Crippen molar-refractivity contribution in [1.82, 2.24) is 30.9 Å². The molecule has 3 rings (SSSR count). The number of amides is 4. The second-order valence-electron chi connectivity index (χ2n) is 7.40. The Morgan fingerprint density at radius 1 is 0.970 bits per heavy atom. The molecule has 0 radical (unpaired) electrons. The molecule has 3 aromatic rings. The molecular formula is C22H25N7O3S. The predicted molar refractivity (Wildman–Crippen MR) is 125 cm³/mol. The largest absolute Gasteiger partial charge is 0.352 e. The van der Waals surface area contributed by atoms with E-state index in [1.54, 1.807) is 13.8 Å². The summed E-state index contributed by atoms with van der Waals surface area (Å²) in [5.41, 5.74) is 11.5. The van der Waals surface area contributed by atoms with Gasteiger partial charge in [0, 0.05) is 11.3 Å². The van der Waals surface area contributed by atoms with Crippen LogP contribution in [0.2, 0.25) is 0 Å². The van der Waals surface area contributed by atoms with E-state index >= 15 is 0 Å². The minimum Gasteiger partial charge on any atom is -0.352 e. The van der Waals surface area contributed by atoms with E-state index in [1.807, 2.05) is 65.2 Å². The van der Waals surface area contributed by atoms with E-state index in [0.717, 1.165) is 11.3 Å². The molecule has 10 nitrogen and oxygen atoms in total. The summed E-state index contributed by atoms with van der Waals surface area (Å²) in [6.07, 6.45) is 0. The average molecular weight is 468 g/mol. The van der Waals surface area contributed by atoms with Crippen molar-refractivity contribution in [3.05, 3.63) is 60.7 Å². The third-order valence-corrected chi connectivity index (χ3v) is 5.51. The first-order valence-corrected chi connectivity index (χ1v) is 11.2. The number of thioether (sulfide) groups is 1. The lowest BCUT2D eigenvalue weighted by atomic mass is 10.0. The van der Waals surface area contributed by atoms with E-state index in [1.165, 1.54) is 11.8 Å². The SMILES string of the molecule is CC(C)[C@@H](NC(N)=O)C(=O)NNC(=O)CSc1nnc(-c2ccccc2)n1-c1ccccc1. The molecule has 1 heterocycles. The molecule has 4 amide bonds. The quantitative estimate of drug-likeness (QED) is 0.294. The van der Waals surface area contributed by atoms with Crippen molar-refractivity contribution in [3.8, 4) is 17.1 Å². The number of urea groups is 1. The van der Waals surface area contributed by atoms with Crippen LogP contribution in [0.1, 0.15) is 13.8 Å². The van der Waals surface area contributed by atoms with E-state index in [-0.39, 0.29) is 11.7 Å². The van der Waals surface area contributed by atoms with Crippen LogP contribution in [0.3, 0.4) is 0 Å². The highest BCUT2D eigenvalue weighted by atomic mass is 32.2. The lowest BCUT2D eigenvalue weighted by Crippen LogP contribution is -2.55. The van der Waals surface area contributed by atoms with Crippen molar-refractivity contribution < 1.29 is 14.4 Å². The number of rotatable bonds is 8. The van der Waals surface area contributed by atoms with Gasteiger partial charge in [-0.1, -0.05) is 74.1 Å². The second-order valence-corrected chi connectivity index (χ2v) is 8.34. The number of benzene rings is 2. The van der Waals surface area contributed by atoms with E-state index in [2.05, 4.69) is 26.4 Å². The highest BCUT2D eigenvalue weighted by Gasteiger charge is 2.24. The van der Waals surface area contributed by atoms with Crippen molar-refractivity contribution in [2.75, 3.05) is 5.75 Å². The summed E-state index contributed by atoms with van der Waals surface area (Å²) in [5.74, 6) is -0.602. The van der Waals surface area contributed by atoms with Gasteiger partial charge in [-0.25, -0.2) is 4.79 Å². The molecular weight excluding hydrogens is 442 g/mol. The summed E-state index contributed by atoms with van der Waals surface area (Å²) >= 11 is 1.18. The first kappa shape index (κ1) is 23.8. The molecule has 0 fully saturated rings. The minimum atomic E-state index is -0.870. The lowest BCUT2D eigenvalue weighted by molar-refractivity contribution is -0.129. The number of aromatic nitrogens is 3. The zero-order valence-electron chi connectivity index (χ0n) is 18.2. The Hall–Kier alpha value is -3.86. The van der Waals surface area contributed by atoms with Gasteiger partial charge in [-0.2, -0.15) is 0 Å². The van der Waals surface area contributed by atoms with Gasteiger partial charge in [-0.05, 0) is 18.1 Å². The van der Waals surface area contributed by atoms with Gasteiger partial charge in [-0.3, -0.25) is 25.0 Å². The van der Waals surface area contributed by atoms with Crippen LogP contribution in [0.25, 0.3) is 17.1 Å². The zero-order valence-corrected chi connectivity index (χ0v) is 19.0. The topological polar surface area (TPSA) is 144 Å². The first-order chi connectivity index (χ1) is 15.9. The molecule has 0 spiro atoms. The predicted octanol–water partition coefficient (Wildman–Crippen LogP) is 1.87. The summed E-state index contributed by atoms with van der Waals surface area (Å²) < 4.78 is 1.87. The highest BCUT2D eigenvalue weighted by molar-refractivity contribution is 7.99. The van der Waals surface area contributed by atoms with Gasteiger partial charge < -0.3 is 11.1 Å². The minimum absolute atomic E-state index is 0.0182. The number of nitrogens with two attached hydrogens (primary N) is 1. The summed E-state index contributed by atoms with van der Waals surface area (Å²) in [6, 6.07) is 17.5. The van der Waals surface area contributed by atoms with Gasteiger partial charge in [0.2, 0.25) is 5.91 Å². The molecule has 0 aliphatic carbocycles. The van der Waals surface area contributed by atoms with Gasteiger partial charge >= 0.3 is 6.03 Å². The molecule has 33 heavy (non-hydrogen) atoms. The molecule has 2 aromatic carbocycles. The molecule has 0 saturated carbocycles. The fourth-order valence-electron chi connectivity index (χ4n) is 3.01. The van der Waals surface area contributed by atoms with Crippen LogP contribution in [-0.2, 0) is 9.59 Å². The van der Waals surface area contributed by atoms with Crippen LogP contribution in [-0.4, -0.2) is 44.4 Å². The van der Waals surface area contributed by atoms with E-state index < -0.39 is 23.9 Å². The van der Waals surface area contributed by atoms with E-state index in [0.29, 0.717) is 11.0 Å². The third-order valence-electron chi connectivity index (χ3n) is 4.58. The van der Waals surface area contributed by atoms with Crippen molar-refractivity contribution in [2.45, 2.75) is 25.0 Å². The van der Waals surface area contributed by atoms with E-state index in [9.17, 15) is 14.4 Å². The zero-order chi connectivity index (χ0) is 23.8. The average Bonchev–Trinajstić information content (AvgIpc) is 3.24. The maximum Gasteiger partial charge on any atom is 0.312 e. The molecule has 0 unspecified atom stereocenters. The summed E-state index contributed by atoms with van der Waals surface area (Å²) in [4.78, 5) is 35.7. The van der Waals surface area contributed by atoms with Crippen LogP contribution < -0.4 is 21.9 Å². The van der Waals surface area contributed by atoms with Gasteiger partial charge in [-0.15, -0.1) is 10.2 Å². The molecule has 11 heteroatoms. The summed E-state index contributed by atoms with van der Waals surface area (Å²) in [7, 11) is 0. The number of hydrazine groups is 1. The maximum atomic E-state index is 12.3. The summed E-state index contributed by atoms with van der Waals surface area (Å²) in [5, 5.41) is 11.5. The molecule has 0 bridgehead atoms. The molecule has 5 N–H and O–H groups in total. The van der Waals surface area contributed by atoms with Crippen molar-refractivity contribution in [2.24, 2.45) is 11.7 Å². The van der Waals surface area contributed by atoms with Gasteiger partial charge in [0.25, 0.3) is 5.91 Å². The Labute approximate surface area is 195 Å². The van der Waals surface area contributed by atoms with Crippen LogP contribution >= 0.6 is 11.8 Å². The second kappa shape index (κ2) is 11.1. The fraction of sp³-hybridized carbons (Fsp3) is 0.227. The van der Waals surface area contributed by atoms with Crippen molar-refractivity contribution in [1.29, 1.82) is 0 Å². The number of nitrogens with one attached hydrogen (secondary N) is 3. The standard InChI is InChI=1S/C22H25N7O3S/c1-14(2)18(24-21(23)32)20(31)27-25-17(30)13-33-22-28-26-19(15-9-5-3-6-10-15)29(22)16-11-7-4-8-12-16/h3-12,14,18H,13H2,1-2H3,(H,25,30)(H,27,31)(H3,23,24,32)/t18-/m1/s1. The summed E-state index contributed by atoms with van der Waals surface area (Å²) in [6.45, 7) is 3.50. The first-order valence-electron chi connectivity index (χ1n) is 10.2. The molecule has 0 saturated heterocycles. The lowest BCUT2D eigenvalue weighted by Gasteiger charge is -2.20. The van der Waals surface area contributed by atoms with Gasteiger partial charge in [0.05, 0.1) is 5.75 Å². The van der Waals surface area contributed by atoms with Crippen LogP contribution in [0, 0.1) is 5.92 Å². The van der Waals surface area contributed by atoms with E-state index in [4.69, 9.17) is 5.73 Å². The smallest absolute Gasteiger partial charge is 0.312 e. The Bertz CT molecular complexity index is 1100. The monoisotopic (exact) mass is 467 g/mol. The fourth-order valence-corrected chi connectivity index (χ4v) is 3.76. The molecule has 1 atom stereocenters. The number of carbonyl (C=O) groups excluding carboxylic acids is 3. The van der Waals surface area contributed by atoms with Crippen molar-refractivity contribution >= 4 is 29.6 Å². The van der Waals surface area contributed by atoms with Crippen LogP contribution in [0.15, 0.2) is 65.8 Å². The number of carbonyl (C=O) groups is 3. The van der Waals surface area contributed by atoms with Gasteiger partial charge in [0.1, 0.15) is 6.04 Å². The molecule has 172 valence electrons. The number of hydrogen-bond acceptors (Lipinski definition) is 6. The Kier molecular flexibility index (Phi) is 8.03. The number of primary amides is 1. The maximum absolute atomic E-state index is 12.3. The van der Waals surface area contributed by atoms with Crippen molar-refractivity contribution in [3.63, 3.8) is 0 Å². The number of hydrogen-bond donors (Lipinski definition) is 4. The van der Waals surface area contributed by atoms with Gasteiger partial charge in [0.15, 0.2) is 11.0 Å². The van der Waals surface area contributed by atoms with Crippen LogP contribution in [0.5, 0.6) is 0 Å². The third kappa shape index (κ3) is 6.32. The Morgan fingerprint density at radius 2 is 1.61 bits per heavy atom. The number of nitrogens with zero attached hydrogens (tertiary/aromatic N) is 3. The Morgan fingerprint density at radius 3 is 2.21 bits per heavy atom. The normalized spacial score (nSPS) is 11.6.